The van der Waals surface area contributed by atoms with E-state index in [1.54, 1.807) is 0 Å². The molecule has 1 aliphatic carbocycles. The lowest BCUT2D eigenvalue weighted by Crippen LogP contribution is -2.09. The molecule has 4 heteroatoms. The Morgan fingerprint density at radius 2 is 2.25 bits per heavy atom. The fourth-order valence-corrected chi connectivity index (χ4v) is 3.15. The van der Waals surface area contributed by atoms with E-state index in [1.165, 1.54) is 0 Å². The lowest BCUT2D eigenvalue weighted by Gasteiger charge is -2.17. The van der Waals surface area contributed by atoms with Gasteiger partial charge in [-0.1, -0.05) is 33.6 Å². The number of halogens is 2. The lowest BCUT2D eigenvalue weighted by atomic mass is 9.91. The van der Waals surface area contributed by atoms with Crippen molar-refractivity contribution < 1.29 is 9.90 Å². The molecule has 16 heavy (non-hydrogen) atoms. The van der Waals surface area contributed by atoms with Crippen LogP contribution in [0.4, 0.5) is 0 Å². The Morgan fingerprint density at radius 3 is 2.75 bits per heavy atom. The van der Waals surface area contributed by atoms with E-state index in [4.69, 9.17) is 16.7 Å². The smallest absolute Gasteiger partial charge is 0.303 e. The Labute approximate surface area is 108 Å². The molecule has 0 heterocycles. The zero-order valence-corrected chi connectivity index (χ0v) is 11.0. The summed E-state index contributed by atoms with van der Waals surface area (Å²) in [5, 5.41) is 9.61. The summed E-state index contributed by atoms with van der Waals surface area (Å²) in [7, 11) is 0. The predicted molar refractivity (Wildman–Crippen MR) is 66.9 cm³/mol. The van der Waals surface area contributed by atoms with E-state index in [-0.39, 0.29) is 12.3 Å². The predicted octanol–water partition coefficient (Wildman–Crippen LogP) is 4.07. The van der Waals surface area contributed by atoms with Crippen molar-refractivity contribution >= 4 is 33.5 Å². The van der Waals surface area contributed by atoms with Gasteiger partial charge in [0.2, 0.25) is 0 Å². The van der Waals surface area contributed by atoms with Crippen LogP contribution in [0.1, 0.15) is 30.7 Å². The monoisotopic (exact) mass is 302 g/mol. The van der Waals surface area contributed by atoms with Gasteiger partial charge in [-0.15, -0.1) is 0 Å². The van der Waals surface area contributed by atoms with Crippen molar-refractivity contribution in [2.24, 2.45) is 5.92 Å². The largest absolute Gasteiger partial charge is 0.481 e. The van der Waals surface area contributed by atoms with E-state index in [0.717, 1.165) is 22.9 Å². The van der Waals surface area contributed by atoms with E-state index >= 15 is 0 Å². The fourth-order valence-electron chi connectivity index (χ4n) is 2.06. The van der Waals surface area contributed by atoms with Gasteiger partial charge in [0.1, 0.15) is 0 Å². The first kappa shape index (κ1) is 11.9. The molecule has 1 fully saturated rings. The number of hydrogen-bond acceptors (Lipinski definition) is 1. The first-order valence-corrected chi connectivity index (χ1v) is 6.42. The van der Waals surface area contributed by atoms with Crippen LogP contribution in [-0.2, 0) is 4.79 Å². The number of aliphatic carboxylic acids is 1. The normalized spacial score (nSPS) is 17.1. The van der Waals surface area contributed by atoms with Crippen molar-refractivity contribution in [1.82, 2.24) is 0 Å². The molecule has 1 aromatic carbocycles. The van der Waals surface area contributed by atoms with Crippen LogP contribution in [0.5, 0.6) is 0 Å². The summed E-state index contributed by atoms with van der Waals surface area (Å²) >= 11 is 9.61. The minimum Gasteiger partial charge on any atom is -0.481 e. The van der Waals surface area contributed by atoms with Crippen LogP contribution in [0.2, 0.25) is 5.02 Å². The molecule has 1 N–H and O–H groups in total. The maximum absolute atomic E-state index is 10.9. The van der Waals surface area contributed by atoms with Gasteiger partial charge in [-0.25, -0.2) is 0 Å². The van der Waals surface area contributed by atoms with Gasteiger partial charge >= 0.3 is 5.97 Å². The van der Waals surface area contributed by atoms with E-state index in [1.807, 2.05) is 18.2 Å². The van der Waals surface area contributed by atoms with Crippen LogP contribution in [0.3, 0.4) is 0 Å². The van der Waals surface area contributed by atoms with Gasteiger partial charge in [0.05, 0.1) is 6.42 Å². The van der Waals surface area contributed by atoms with Crippen molar-refractivity contribution in [1.29, 1.82) is 0 Å². The number of carboxylic acid groups (broad SMARTS) is 1. The zero-order valence-electron chi connectivity index (χ0n) is 8.62. The van der Waals surface area contributed by atoms with Gasteiger partial charge in [0.25, 0.3) is 0 Å². The molecule has 0 spiro atoms. The number of carboxylic acids is 1. The van der Waals surface area contributed by atoms with Crippen molar-refractivity contribution in [2.75, 3.05) is 0 Å². The van der Waals surface area contributed by atoms with Crippen molar-refractivity contribution in [3.8, 4) is 0 Å². The van der Waals surface area contributed by atoms with E-state index in [0.29, 0.717) is 10.9 Å². The molecule has 0 radical (unpaired) electrons. The number of hydrogen-bond donors (Lipinski definition) is 1. The first-order chi connectivity index (χ1) is 7.59. The SMILES string of the molecule is O=C(O)CC(c1c(Cl)cccc1Br)C1CC1. The third kappa shape index (κ3) is 2.58. The van der Waals surface area contributed by atoms with E-state index in [2.05, 4.69) is 15.9 Å². The minimum atomic E-state index is -0.760. The zero-order chi connectivity index (χ0) is 11.7. The van der Waals surface area contributed by atoms with Crippen molar-refractivity contribution in [2.45, 2.75) is 25.2 Å². The highest BCUT2D eigenvalue weighted by Crippen LogP contribution is 2.48. The molecule has 1 aromatic rings. The van der Waals surface area contributed by atoms with Gasteiger partial charge in [0.15, 0.2) is 0 Å². The van der Waals surface area contributed by atoms with Gasteiger partial charge < -0.3 is 5.11 Å². The fraction of sp³-hybridized carbons (Fsp3) is 0.417. The summed E-state index contributed by atoms with van der Waals surface area (Å²) in [6.07, 6.45) is 2.37. The summed E-state index contributed by atoms with van der Waals surface area (Å²) in [6, 6.07) is 5.60. The molecule has 2 nitrogen and oxygen atoms in total. The molecule has 2 rings (SSSR count). The van der Waals surface area contributed by atoms with Crippen LogP contribution in [0.25, 0.3) is 0 Å². The average molecular weight is 304 g/mol. The Kier molecular flexibility index (Phi) is 3.55. The molecular formula is C12H12BrClO2. The second-order valence-corrected chi connectivity index (χ2v) is 5.44. The van der Waals surface area contributed by atoms with E-state index < -0.39 is 5.97 Å². The number of rotatable bonds is 4. The molecule has 1 aliphatic rings. The second kappa shape index (κ2) is 4.76. The Morgan fingerprint density at radius 1 is 1.56 bits per heavy atom. The van der Waals surface area contributed by atoms with Gasteiger partial charge in [-0.3, -0.25) is 4.79 Å². The molecule has 0 amide bonds. The first-order valence-electron chi connectivity index (χ1n) is 5.25. The molecule has 86 valence electrons. The highest BCUT2D eigenvalue weighted by Gasteiger charge is 2.35. The number of benzene rings is 1. The van der Waals surface area contributed by atoms with Crippen LogP contribution in [-0.4, -0.2) is 11.1 Å². The molecule has 1 atom stereocenters. The summed E-state index contributed by atoms with van der Waals surface area (Å²) in [5.41, 5.74) is 0.953. The van der Waals surface area contributed by atoms with Gasteiger partial charge in [0, 0.05) is 9.50 Å². The Balaban J connectivity index is 2.34. The van der Waals surface area contributed by atoms with Crippen LogP contribution in [0, 0.1) is 5.92 Å². The molecule has 1 unspecified atom stereocenters. The molecule has 0 bridgehead atoms. The average Bonchev–Trinajstić information content (AvgIpc) is 2.98. The highest BCUT2D eigenvalue weighted by atomic mass is 79.9. The standard InChI is InChI=1S/C12H12BrClO2/c13-9-2-1-3-10(14)12(9)8(6-11(15)16)7-4-5-7/h1-3,7-8H,4-6H2,(H,15,16). The molecule has 0 aromatic heterocycles. The molecule has 0 aliphatic heterocycles. The third-order valence-corrected chi connectivity index (χ3v) is 3.98. The summed E-state index contributed by atoms with van der Waals surface area (Å²) in [6.45, 7) is 0. The summed E-state index contributed by atoms with van der Waals surface area (Å²) in [4.78, 5) is 10.9. The minimum absolute atomic E-state index is 0.0422. The van der Waals surface area contributed by atoms with Crippen LogP contribution < -0.4 is 0 Å². The Hall–Kier alpha value is -0.540. The topological polar surface area (TPSA) is 37.3 Å². The second-order valence-electron chi connectivity index (χ2n) is 4.18. The van der Waals surface area contributed by atoms with Crippen LogP contribution >= 0.6 is 27.5 Å². The van der Waals surface area contributed by atoms with Crippen LogP contribution in [0.15, 0.2) is 22.7 Å². The summed E-state index contributed by atoms with van der Waals surface area (Å²) < 4.78 is 0.915. The molecule has 0 saturated heterocycles. The summed E-state index contributed by atoms with van der Waals surface area (Å²) in [5.74, 6) is -0.239. The number of carbonyl (C=O) groups is 1. The quantitative estimate of drug-likeness (QED) is 0.910. The molecular weight excluding hydrogens is 291 g/mol. The molecule has 1 saturated carbocycles. The van der Waals surface area contributed by atoms with Gasteiger partial charge in [-0.2, -0.15) is 0 Å². The Bertz CT molecular complexity index is 395. The maximum atomic E-state index is 10.9. The highest BCUT2D eigenvalue weighted by molar-refractivity contribution is 9.10. The lowest BCUT2D eigenvalue weighted by molar-refractivity contribution is -0.137. The van der Waals surface area contributed by atoms with E-state index in [9.17, 15) is 4.79 Å². The van der Waals surface area contributed by atoms with Crippen molar-refractivity contribution in [3.63, 3.8) is 0 Å². The third-order valence-electron chi connectivity index (χ3n) is 2.96. The maximum Gasteiger partial charge on any atom is 0.303 e. The van der Waals surface area contributed by atoms with Gasteiger partial charge in [-0.05, 0) is 42.4 Å². The van der Waals surface area contributed by atoms with Crippen molar-refractivity contribution in [3.05, 3.63) is 33.3 Å².